The van der Waals surface area contributed by atoms with Crippen molar-refractivity contribution >= 4 is 46.1 Å². The van der Waals surface area contributed by atoms with Crippen molar-refractivity contribution < 1.29 is 14.3 Å². The van der Waals surface area contributed by atoms with Crippen molar-refractivity contribution in [2.45, 2.75) is 11.7 Å². The topological polar surface area (TPSA) is 108 Å². The molecule has 0 aliphatic carbocycles. The maximum Gasteiger partial charge on any atom is 0.282 e. The van der Waals surface area contributed by atoms with Crippen LogP contribution in [0.3, 0.4) is 0 Å². The van der Waals surface area contributed by atoms with Crippen molar-refractivity contribution in [1.29, 1.82) is 0 Å². The molecule has 0 atom stereocenters. The lowest BCUT2D eigenvalue weighted by atomic mass is 10.2. The Kier molecular flexibility index (Phi) is 7.29. The third-order valence-electron chi connectivity index (χ3n) is 4.85. The first-order chi connectivity index (χ1) is 16.5. The molecule has 0 fully saturated rings. The molecule has 0 radical (unpaired) electrons. The molecule has 0 bridgehead atoms. The van der Waals surface area contributed by atoms with Crippen LogP contribution >= 0.6 is 23.4 Å². The summed E-state index contributed by atoms with van der Waals surface area (Å²) in [6, 6.07) is 12.3. The van der Waals surface area contributed by atoms with Gasteiger partial charge in [-0.3, -0.25) is 14.2 Å². The van der Waals surface area contributed by atoms with Crippen molar-refractivity contribution in [3.8, 4) is 11.5 Å². The van der Waals surface area contributed by atoms with Gasteiger partial charge in [-0.2, -0.15) is 0 Å². The van der Waals surface area contributed by atoms with E-state index in [9.17, 15) is 9.59 Å². The SMILES string of the molecule is COc1ccc(NC(=O)CSc2nc3nccnc3c(=O)n2Cc2ccccc2OC)cc1Cl. The number of nitrogens with one attached hydrogen (secondary N) is 1. The van der Waals surface area contributed by atoms with Gasteiger partial charge in [-0.15, -0.1) is 0 Å². The van der Waals surface area contributed by atoms with E-state index >= 15 is 0 Å². The lowest BCUT2D eigenvalue weighted by molar-refractivity contribution is -0.113. The molecule has 11 heteroatoms. The highest BCUT2D eigenvalue weighted by Gasteiger charge is 2.17. The first kappa shape index (κ1) is 23.5. The summed E-state index contributed by atoms with van der Waals surface area (Å²) >= 11 is 7.25. The molecule has 4 rings (SSSR count). The van der Waals surface area contributed by atoms with E-state index in [1.165, 1.54) is 24.1 Å². The summed E-state index contributed by atoms with van der Waals surface area (Å²) in [4.78, 5) is 38.6. The normalized spacial score (nSPS) is 10.8. The number of halogens is 1. The van der Waals surface area contributed by atoms with Gasteiger partial charge in [0.05, 0.1) is 31.5 Å². The minimum absolute atomic E-state index is 0.00772. The Bertz CT molecular complexity index is 1410. The highest BCUT2D eigenvalue weighted by atomic mass is 35.5. The fourth-order valence-corrected chi connectivity index (χ4v) is 4.30. The van der Waals surface area contributed by atoms with Gasteiger partial charge < -0.3 is 14.8 Å². The van der Waals surface area contributed by atoms with E-state index in [1.54, 1.807) is 25.3 Å². The Morgan fingerprint density at radius 2 is 1.85 bits per heavy atom. The second-order valence-corrected chi connectivity index (χ2v) is 8.36. The first-order valence-electron chi connectivity index (χ1n) is 10.1. The van der Waals surface area contributed by atoms with Crippen LogP contribution in [-0.2, 0) is 11.3 Å². The fraction of sp³-hybridized carbons (Fsp3) is 0.174. The number of methoxy groups -OCH3 is 2. The van der Waals surface area contributed by atoms with Crippen LogP contribution in [0.25, 0.3) is 11.2 Å². The number of carbonyl (C=O) groups excluding carboxylic acids is 1. The number of hydrogen-bond donors (Lipinski definition) is 1. The molecule has 0 saturated carbocycles. The molecule has 0 spiro atoms. The molecule has 0 aliphatic heterocycles. The van der Waals surface area contributed by atoms with Gasteiger partial charge in [-0.1, -0.05) is 41.6 Å². The molecule has 9 nitrogen and oxygen atoms in total. The van der Waals surface area contributed by atoms with Gasteiger partial charge in [-0.25, -0.2) is 15.0 Å². The third kappa shape index (κ3) is 5.13. The summed E-state index contributed by atoms with van der Waals surface area (Å²) in [6.45, 7) is 0.195. The average molecular weight is 498 g/mol. The quantitative estimate of drug-likeness (QED) is 0.290. The van der Waals surface area contributed by atoms with Gasteiger partial charge in [0, 0.05) is 23.6 Å². The second-order valence-electron chi connectivity index (χ2n) is 7.01. The standard InChI is InChI=1S/C23H20ClN5O4S/c1-32-17-6-4-3-5-14(17)12-29-22(31)20-21(26-10-9-25-20)28-23(29)34-13-19(30)27-15-7-8-18(33-2)16(24)11-15/h3-11H,12-13H2,1-2H3,(H,27,30). The number of para-hydroxylation sites is 1. The Hall–Kier alpha value is -3.63. The molecule has 2 heterocycles. The molecule has 0 saturated heterocycles. The Labute approximate surface area is 204 Å². The predicted molar refractivity (Wildman–Crippen MR) is 131 cm³/mol. The maximum atomic E-state index is 13.2. The summed E-state index contributed by atoms with van der Waals surface area (Å²) in [5.41, 5.74) is 1.33. The maximum absolute atomic E-state index is 13.2. The highest BCUT2D eigenvalue weighted by molar-refractivity contribution is 7.99. The van der Waals surface area contributed by atoms with Gasteiger partial charge in [0.2, 0.25) is 5.91 Å². The van der Waals surface area contributed by atoms with Crippen molar-refractivity contribution in [2.24, 2.45) is 0 Å². The van der Waals surface area contributed by atoms with E-state index in [0.717, 1.165) is 17.3 Å². The second kappa shape index (κ2) is 10.5. The van der Waals surface area contributed by atoms with Crippen LogP contribution in [0.5, 0.6) is 11.5 Å². The molecular formula is C23H20ClN5O4S. The number of hydrogen-bond acceptors (Lipinski definition) is 8. The van der Waals surface area contributed by atoms with Crippen molar-refractivity contribution in [1.82, 2.24) is 19.5 Å². The van der Waals surface area contributed by atoms with E-state index in [4.69, 9.17) is 21.1 Å². The summed E-state index contributed by atoms with van der Waals surface area (Å²) in [5.74, 6) is 0.867. The van der Waals surface area contributed by atoms with E-state index in [-0.39, 0.29) is 34.9 Å². The smallest absolute Gasteiger partial charge is 0.282 e. The van der Waals surface area contributed by atoms with E-state index in [0.29, 0.717) is 27.4 Å². The summed E-state index contributed by atoms with van der Waals surface area (Å²) in [6.07, 6.45) is 2.91. The highest BCUT2D eigenvalue weighted by Crippen LogP contribution is 2.27. The van der Waals surface area contributed by atoms with Crippen LogP contribution in [0.1, 0.15) is 5.56 Å². The zero-order chi connectivity index (χ0) is 24.1. The van der Waals surface area contributed by atoms with Gasteiger partial charge in [-0.05, 0) is 24.3 Å². The van der Waals surface area contributed by atoms with Crippen molar-refractivity contribution in [3.05, 3.63) is 75.8 Å². The van der Waals surface area contributed by atoms with Gasteiger partial charge in [0.25, 0.3) is 5.56 Å². The molecule has 0 aliphatic rings. The number of thioether (sulfide) groups is 1. The number of ether oxygens (including phenoxy) is 2. The van der Waals surface area contributed by atoms with Crippen molar-refractivity contribution in [2.75, 3.05) is 25.3 Å². The number of nitrogens with zero attached hydrogens (tertiary/aromatic N) is 4. The van der Waals surface area contributed by atoms with Crippen LogP contribution in [0.15, 0.2) is 64.8 Å². The Balaban J connectivity index is 1.61. The van der Waals surface area contributed by atoms with Crippen LogP contribution in [0, 0.1) is 0 Å². The summed E-state index contributed by atoms with van der Waals surface area (Å²) < 4.78 is 12.0. The van der Waals surface area contributed by atoms with E-state index < -0.39 is 0 Å². The van der Waals surface area contributed by atoms with Crippen LogP contribution in [0.4, 0.5) is 5.69 Å². The van der Waals surface area contributed by atoms with Gasteiger partial charge in [0.15, 0.2) is 16.3 Å². The number of anilines is 1. The lowest BCUT2D eigenvalue weighted by Crippen LogP contribution is -2.26. The van der Waals surface area contributed by atoms with Gasteiger partial charge in [0.1, 0.15) is 11.5 Å². The minimum Gasteiger partial charge on any atom is -0.496 e. The largest absolute Gasteiger partial charge is 0.496 e. The number of amides is 1. The number of carbonyl (C=O) groups is 1. The van der Waals surface area contributed by atoms with E-state index in [2.05, 4.69) is 20.3 Å². The average Bonchev–Trinajstić information content (AvgIpc) is 2.85. The Morgan fingerprint density at radius 3 is 2.62 bits per heavy atom. The zero-order valence-electron chi connectivity index (χ0n) is 18.3. The lowest BCUT2D eigenvalue weighted by Gasteiger charge is -2.14. The molecule has 1 amide bonds. The van der Waals surface area contributed by atoms with Crippen LogP contribution < -0.4 is 20.3 Å². The van der Waals surface area contributed by atoms with Crippen LogP contribution in [-0.4, -0.2) is 45.4 Å². The van der Waals surface area contributed by atoms with E-state index in [1.807, 2.05) is 24.3 Å². The number of fused-ring (bicyclic) bond motifs is 1. The predicted octanol–water partition coefficient (Wildman–Crippen LogP) is 3.64. The molecule has 0 unspecified atom stereocenters. The number of aromatic nitrogens is 4. The molecule has 2 aromatic carbocycles. The molecule has 4 aromatic rings. The number of benzene rings is 2. The van der Waals surface area contributed by atoms with Gasteiger partial charge >= 0.3 is 0 Å². The van der Waals surface area contributed by atoms with Crippen LogP contribution in [0.2, 0.25) is 5.02 Å². The number of rotatable bonds is 8. The van der Waals surface area contributed by atoms with Crippen molar-refractivity contribution in [3.63, 3.8) is 0 Å². The first-order valence-corrected chi connectivity index (χ1v) is 11.5. The Morgan fingerprint density at radius 1 is 1.09 bits per heavy atom. The summed E-state index contributed by atoms with van der Waals surface area (Å²) in [5, 5.41) is 3.50. The molecule has 2 aromatic heterocycles. The molecule has 1 N–H and O–H groups in total. The molecular weight excluding hydrogens is 478 g/mol. The molecule has 174 valence electrons. The third-order valence-corrected chi connectivity index (χ3v) is 6.12. The fourth-order valence-electron chi connectivity index (χ4n) is 3.25. The summed E-state index contributed by atoms with van der Waals surface area (Å²) in [7, 11) is 3.08. The molecule has 34 heavy (non-hydrogen) atoms. The zero-order valence-corrected chi connectivity index (χ0v) is 19.9. The monoisotopic (exact) mass is 497 g/mol. The minimum atomic E-state index is -0.353.